The van der Waals surface area contributed by atoms with Crippen molar-refractivity contribution in [1.29, 1.82) is 0 Å². The van der Waals surface area contributed by atoms with Gasteiger partial charge in [-0.15, -0.1) is 0 Å². The zero-order chi connectivity index (χ0) is 26.2. The first-order valence-electron chi connectivity index (χ1n) is 11.1. The quantitative estimate of drug-likeness (QED) is 0.620. The highest BCUT2D eigenvalue weighted by Crippen LogP contribution is 2.42. The molecular formula is C24H31F2N3O5S. The molecule has 1 aliphatic heterocycles. The molecule has 0 aliphatic carbocycles. The highest BCUT2D eigenvalue weighted by Gasteiger charge is 2.51. The average Bonchev–Trinajstić information content (AvgIpc) is 3.01. The monoisotopic (exact) mass is 511 g/mol. The Kier molecular flexibility index (Phi) is 7.54. The van der Waals surface area contributed by atoms with E-state index in [1.54, 1.807) is 58.9 Å². The van der Waals surface area contributed by atoms with Crippen LogP contribution in [-0.2, 0) is 26.0 Å². The molecule has 1 N–H and O–H groups in total. The van der Waals surface area contributed by atoms with Crippen LogP contribution in [0.3, 0.4) is 0 Å². The second kappa shape index (κ2) is 9.79. The number of aromatic nitrogens is 1. The van der Waals surface area contributed by atoms with Gasteiger partial charge in [-0.05, 0) is 51.8 Å². The van der Waals surface area contributed by atoms with Crippen LogP contribution in [0.2, 0.25) is 0 Å². The summed E-state index contributed by atoms with van der Waals surface area (Å²) in [6.07, 6.45) is 1.05. The Bertz CT molecular complexity index is 1180. The van der Waals surface area contributed by atoms with Crippen LogP contribution in [0, 0.1) is 5.82 Å². The molecule has 2 atom stereocenters. The lowest BCUT2D eigenvalue weighted by molar-refractivity contribution is -0.0797. The maximum atomic E-state index is 14.4. The van der Waals surface area contributed by atoms with E-state index in [-0.39, 0.29) is 12.2 Å². The molecule has 1 amide bonds. The molecule has 0 radical (unpaired) electrons. The molecule has 2 heterocycles. The Morgan fingerprint density at radius 2 is 1.86 bits per heavy atom. The van der Waals surface area contributed by atoms with Crippen LogP contribution >= 0.6 is 0 Å². The maximum absolute atomic E-state index is 14.4. The largest absolute Gasteiger partial charge is 0.444 e. The van der Waals surface area contributed by atoms with Gasteiger partial charge >= 0.3 is 6.09 Å². The number of hydrogen-bond acceptors (Lipinski definition) is 6. The Hall–Kier alpha value is -2.63. The van der Waals surface area contributed by atoms with Gasteiger partial charge in [-0.1, -0.05) is 24.3 Å². The third-order valence-corrected chi connectivity index (χ3v) is 6.09. The Morgan fingerprint density at radius 1 is 1.23 bits per heavy atom. The number of nitrogens with one attached hydrogen (secondary N) is 1. The minimum absolute atomic E-state index is 0.0228. The number of carbonyl (C=O) groups excluding carboxylic acids is 1. The van der Waals surface area contributed by atoms with Crippen molar-refractivity contribution in [3.63, 3.8) is 0 Å². The predicted molar refractivity (Wildman–Crippen MR) is 127 cm³/mol. The summed E-state index contributed by atoms with van der Waals surface area (Å²) < 4.78 is 64.8. The lowest BCUT2D eigenvalue weighted by atomic mass is 9.99. The smallest absolute Gasteiger partial charge is 0.413 e. The number of nitrogens with zero attached hydrogens (tertiary/aromatic N) is 2. The van der Waals surface area contributed by atoms with Crippen LogP contribution in [0.25, 0.3) is 11.1 Å². The number of carbonyl (C=O) groups is 1. The molecule has 0 bridgehead atoms. The third kappa shape index (κ3) is 6.53. The molecule has 192 valence electrons. The molecule has 0 unspecified atom stereocenters. The molecule has 0 spiro atoms. The third-order valence-electron chi connectivity index (χ3n) is 5.42. The van der Waals surface area contributed by atoms with E-state index in [1.807, 2.05) is 0 Å². The highest BCUT2D eigenvalue weighted by atomic mass is 32.2. The van der Waals surface area contributed by atoms with Crippen molar-refractivity contribution in [2.24, 2.45) is 0 Å². The van der Waals surface area contributed by atoms with Crippen LogP contribution in [0.15, 0.2) is 36.5 Å². The first kappa shape index (κ1) is 27.0. The van der Waals surface area contributed by atoms with Crippen LogP contribution < -0.4 is 4.72 Å². The molecule has 2 aromatic rings. The Labute approximate surface area is 204 Å². The summed E-state index contributed by atoms with van der Waals surface area (Å²) in [5, 5.41) is 0. The minimum atomic E-state index is -3.48. The first-order valence-corrected chi connectivity index (χ1v) is 13.0. The van der Waals surface area contributed by atoms with Crippen molar-refractivity contribution in [2.75, 3.05) is 12.9 Å². The zero-order valence-electron chi connectivity index (χ0n) is 20.6. The zero-order valence-corrected chi connectivity index (χ0v) is 21.4. The number of pyridine rings is 1. The fourth-order valence-electron chi connectivity index (χ4n) is 3.91. The molecule has 11 heteroatoms. The van der Waals surface area contributed by atoms with Gasteiger partial charge in [0.2, 0.25) is 10.0 Å². The SMILES string of the molecule is CC(C)(C)OC(=O)N1[C@H](CF)[C@@H](c2ccc(-c3cnc(CNS(C)(=O)=O)c(F)c3)cc2)OC1(C)C. The van der Waals surface area contributed by atoms with E-state index in [0.29, 0.717) is 16.7 Å². The number of halogens is 2. The van der Waals surface area contributed by atoms with Gasteiger partial charge in [0.15, 0.2) is 0 Å². The minimum Gasteiger partial charge on any atom is -0.444 e. The summed E-state index contributed by atoms with van der Waals surface area (Å²) in [5.41, 5.74) is -0.0647. The van der Waals surface area contributed by atoms with E-state index in [2.05, 4.69) is 9.71 Å². The molecule has 1 aromatic carbocycles. The maximum Gasteiger partial charge on any atom is 0.413 e. The van der Waals surface area contributed by atoms with E-state index >= 15 is 0 Å². The summed E-state index contributed by atoms with van der Waals surface area (Å²) in [5.74, 6) is -0.644. The van der Waals surface area contributed by atoms with Gasteiger partial charge in [0, 0.05) is 11.8 Å². The van der Waals surface area contributed by atoms with Crippen LogP contribution in [0.5, 0.6) is 0 Å². The fraction of sp³-hybridized carbons (Fsp3) is 0.500. The van der Waals surface area contributed by atoms with Crippen LogP contribution in [0.1, 0.15) is 52.0 Å². The number of amides is 1. The van der Waals surface area contributed by atoms with Gasteiger partial charge in [-0.25, -0.2) is 26.7 Å². The molecule has 8 nitrogen and oxygen atoms in total. The van der Waals surface area contributed by atoms with Gasteiger partial charge < -0.3 is 9.47 Å². The first-order chi connectivity index (χ1) is 16.1. The fourth-order valence-corrected chi connectivity index (χ4v) is 4.31. The highest BCUT2D eigenvalue weighted by molar-refractivity contribution is 7.88. The molecular weight excluding hydrogens is 480 g/mol. The lowest BCUT2D eigenvalue weighted by Gasteiger charge is -2.34. The van der Waals surface area contributed by atoms with Crippen LogP contribution in [-0.4, -0.2) is 54.7 Å². The number of ether oxygens (including phenoxy) is 2. The molecule has 0 saturated carbocycles. The summed E-state index contributed by atoms with van der Waals surface area (Å²) in [4.78, 5) is 18.1. The Balaban J connectivity index is 1.81. The van der Waals surface area contributed by atoms with Gasteiger partial charge in [0.05, 0.1) is 24.5 Å². The van der Waals surface area contributed by atoms with Gasteiger partial charge in [-0.2, -0.15) is 0 Å². The van der Waals surface area contributed by atoms with Crippen molar-refractivity contribution in [3.05, 3.63) is 53.6 Å². The summed E-state index contributed by atoms with van der Waals surface area (Å²) >= 11 is 0. The number of rotatable bonds is 6. The van der Waals surface area contributed by atoms with Gasteiger partial charge in [-0.3, -0.25) is 9.88 Å². The van der Waals surface area contributed by atoms with E-state index in [9.17, 15) is 22.0 Å². The van der Waals surface area contributed by atoms with E-state index in [0.717, 1.165) is 6.26 Å². The van der Waals surface area contributed by atoms with Crippen molar-refractivity contribution in [2.45, 2.75) is 64.6 Å². The van der Waals surface area contributed by atoms with Crippen LogP contribution in [0.4, 0.5) is 13.6 Å². The van der Waals surface area contributed by atoms with E-state index < -0.39 is 52.1 Å². The molecule has 1 aliphatic rings. The summed E-state index contributed by atoms with van der Waals surface area (Å²) in [6, 6.07) is 7.30. The van der Waals surface area contributed by atoms with Crippen molar-refractivity contribution >= 4 is 16.1 Å². The number of benzene rings is 1. The second-order valence-corrected chi connectivity index (χ2v) is 11.8. The number of alkyl halides is 1. The van der Waals surface area contributed by atoms with Gasteiger partial charge in [0.25, 0.3) is 0 Å². The molecule has 35 heavy (non-hydrogen) atoms. The lowest BCUT2D eigenvalue weighted by Crippen LogP contribution is -2.50. The number of hydrogen-bond donors (Lipinski definition) is 1. The van der Waals surface area contributed by atoms with Crippen molar-refractivity contribution < 1.29 is 31.5 Å². The van der Waals surface area contributed by atoms with Gasteiger partial charge in [0.1, 0.15) is 29.9 Å². The molecule has 3 rings (SSSR count). The molecule has 1 fully saturated rings. The summed E-state index contributed by atoms with van der Waals surface area (Å²) in [7, 11) is -3.48. The molecule has 1 aromatic heterocycles. The predicted octanol–water partition coefficient (Wildman–Crippen LogP) is 4.32. The molecule has 1 saturated heterocycles. The normalized spacial score (nSPS) is 20.2. The van der Waals surface area contributed by atoms with E-state index in [4.69, 9.17) is 9.47 Å². The van der Waals surface area contributed by atoms with Crippen molar-refractivity contribution in [3.8, 4) is 11.1 Å². The average molecular weight is 512 g/mol. The number of sulfonamides is 1. The summed E-state index contributed by atoms with van der Waals surface area (Å²) in [6.45, 7) is 7.50. The Morgan fingerprint density at radius 3 is 2.37 bits per heavy atom. The topological polar surface area (TPSA) is 97.8 Å². The second-order valence-electron chi connectivity index (χ2n) is 9.92. The van der Waals surface area contributed by atoms with Crippen molar-refractivity contribution in [1.82, 2.24) is 14.6 Å². The standard InChI is InChI=1S/C24H31F2N3O5S/c1-23(2,3)34-22(30)29-20(12-25)21(33-24(29,4)5)16-9-7-15(8-10-16)17-11-18(26)19(27-13-17)14-28-35(6,31)32/h7-11,13,20-21,28H,12,14H2,1-6H3/t20-,21-/m1/s1. The van der Waals surface area contributed by atoms with E-state index in [1.165, 1.54) is 17.2 Å².